The van der Waals surface area contributed by atoms with Crippen LogP contribution in [0.1, 0.15) is 35.8 Å². The topological polar surface area (TPSA) is 123 Å². The van der Waals surface area contributed by atoms with E-state index in [2.05, 4.69) is 25.7 Å². The average molecular weight is 485 g/mol. The number of benzene rings is 1. The Labute approximate surface area is 200 Å². The highest BCUT2D eigenvalue weighted by atomic mass is 19.1. The molecular weight excluding hydrogens is 460 g/mol. The Balaban J connectivity index is 1.38. The standard InChI is InChI=1S/C23H25F2N7O3/c1-12-16(9-27-32(12)10-18(34)31-7-3-4-13(31)11-33)28-22-20-17(8-26-23(20)35)29-21(30-22)19-14(24)5-2-6-15(19)25/h2,5-6,9,12-13,16,33H,3-4,7-8,10-11H2,1H3,(H,26,35)(H,28,29,30)/t12?,13-,16?/m0/s1. The molecule has 0 saturated carbocycles. The van der Waals surface area contributed by atoms with Crippen molar-refractivity contribution in [1.82, 2.24) is 25.2 Å². The van der Waals surface area contributed by atoms with Crippen LogP contribution in [-0.2, 0) is 11.3 Å². The van der Waals surface area contributed by atoms with E-state index in [4.69, 9.17) is 0 Å². The number of carbonyl (C=O) groups excluding carboxylic acids is 2. The third kappa shape index (κ3) is 4.18. The molecule has 3 aliphatic rings. The van der Waals surface area contributed by atoms with Crippen molar-refractivity contribution in [1.29, 1.82) is 0 Å². The van der Waals surface area contributed by atoms with Crippen molar-refractivity contribution in [2.45, 2.75) is 44.4 Å². The molecular formula is C23H25F2N7O3. The Hall–Kier alpha value is -3.67. The number of hydrogen-bond donors (Lipinski definition) is 3. The van der Waals surface area contributed by atoms with Crippen LogP contribution < -0.4 is 10.6 Å². The summed E-state index contributed by atoms with van der Waals surface area (Å²) >= 11 is 0. The van der Waals surface area contributed by atoms with Crippen LogP contribution in [0.25, 0.3) is 11.4 Å². The van der Waals surface area contributed by atoms with Crippen LogP contribution in [0.15, 0.2) is 23.3 Å². The lowest BCUT2D eigenvalue weighted by atomic mass is 10.1. The van der Waals surface area contributed by atoms with E-state index in [1.807, 2.05) is 6.92 Å². The summed E-state index contributed by atoms with van der Waals surface area (Å²) in [6.07, 6.45) is 3.24. The molecule has 35 heavy (non-hydrogen) atoms. The van der Waals surface area contributed by atoms with Gasteiger partial charge in [0.2, 0.25) is 5.91 Å². The third-order valence-electron chi connectivity index (χ3n) is 6.69. The predicted molar refractivity (Wildman–Crippen MR) is 122 cm³/mol. The maximum absolute atomic E-state index is 14.4. The highest BCUT2D eigenvalue weighted by molar-refractivity contribution is 6.02. The summed E-state index contributed by atoms with van der Waals surface area (Å²) in [5.74, 6) is -2.16. The highest BCUT2D eigenvalue weighted by Crippen LogP contribution is 2.30. The molecule has 3 aliphatic heterocycles. The van der Waals surface area contributed by atoms with E-state index in [0.717, 1.165) is 25.0 Å². The van der Waals surface area contributed by atoms with Crippen molar-refractivity contribution in [2.24, 2.45) is 5.10 Å². The lowest BCUT2D eigenvalue weighted by Gasteiger charge is -2.29. The van der Waals surface area contributed by atoms with Gasteiger partial charge in [0.15, 0.2) is 5.82 Å². The molecule has 2 aromatic rings. The molecule has 12 heteroatoms. The second-order valence-corrected chi connectivity index (χ2v) is 8.84. The summed E-state index contributed by atoms with van der Waals surface area (Å²) < 4.78 is 28.8. The summed E-state index contributed by atoms with van der Waals surface area (Å²) in [6.45, 7) is 2.56. The van der Waals surface area contributed by atoms with Crippen LogP contribution >= 0.6 is 0 Å². The minimum Gasteiger partial charge on any atom is -0.394 e. The SMILES string of the molecule is CC1C(Nc2nc(-c3c(F)cccc3F)nc3c2C(=O)NC3)C=NN1CC(=O)N1CCC[C@H]1CO. The van der Waals surface area contributed by atoms with Crippen molar-refractivity contribution in [3.8, 4) is 11.4 Å². The van der Waals surface area contributed by atoms with Gasteiger partial charge in [-0.25, -0.2) is 18.7 Å². The third-order valence-corrected chi connectivity index (χ3v) is 6.69. The van der Waals surface area contributed by atoms with Crippen LogP contribution in [0.3, 0.4) is 0 Å². The lowest BCUT2D eigenvalue weighted by molar-refractivity contribution is -0.134. The molecule has 3 N–H and O–H groups in total. The Bertz CT molecular complexity index is 1190. The van der Waals surface area contributed by atoms with E-state index in [1.54, 1.807) is 16.1 Å². The second kappa shape index (κ2) is 9.17. The quantitative estimate of drug-likeness (QED) is 0.560. The Morgan fingerprint density at radius 1 is 1.26 bits per heavy atom. The fourth-order valence-electron chi connectivity index (χ4n) is 4.71. The van der Waals surface area contributed by atoms with E-state index < -0.39 is 17.7 Å². The number of aliphatic hydroxyl groups is 1. The molecule has 2 unspecified atom stereocenters. The van der Waals surface area contributed by atoms with Gasteiger partial charge in [-0.1, -0.05) is 6.07 Å². The number of halogens is 2. The van der Waals surface area contributed by atoms with E-state index >= 15 is 0 Å². The zero-order valence-electron chi connectivity index (χ0n) is 19.0. The lowest BCUT2D eigenvalue weighted by Crippen LogP contribution is -2.46. The first-order valence-corrected chi connectivity index (χ1v) is 11.5. The Kier molecular flexibility index (Phi) is 6.05. The number of hydrogen-bond acceptors (Lipinski definition) is 8. The molecule has 0 spiro atoms. The molecule has 1 aromatic carbocycles. The molecule has 2 amide bonds. The van der Waals surface area contributed by atoms with Gasteiger partial charge in [-0.3, -0.25) is 14.6 Å². The summed E-state index contributed by atoms with van der Waals surface area (Å²) in [7, 11) is 0. The minimum absolute atomic E-state index is 0.0421. The molecule has 1 saturated heterocycles. The number of hydrazone groups is 1. The highest BCUT2D eigenvalue weighted by Gasteiger charge is 2.35. The first kappa shape index (κ1) is 23.1. The van der Waals surface area contributed by atoms with Crippen molar-refractivity contribution >= 4 is 23.8 Å². The van der Waals surface area contributed by atoms with Crippen molar-refractivity contribution in [2.75, 3.05) is 25.0 Å². The van der Waals surface area contributed by atoms with Crippen LogP contribution in [0.4, 0.5) is 14.6 Å². The van der Waals surface area contributed by atoms with Gasteiger partial charge < -0.3 is 20.6 Å². The van der Waals surface area contributed by atoms with E-state index in [9.17, 15) is 23.5 Å². The smallest absolute Gasteiger partial charge is 0.257 e. The zero-order chi connectivity index (χ0) is 24.7. The molecule has 3 atom stereocenters. The van der Waals surface area contributed by atoms with Crippen LogP contribution in [-0.4, -0.2) is 80.8 Å². The molecule has 184 valence electrons. The van der Waals surface area contributed by atoms with Crippen LogP contribution in [0.5, 0.6) is 0 Å². The number of rotatable bonds is 6. The number of fused-ring (bicyclic) bond motifs is 1. The molecule has 4 heterocycles. The first-order valence-electron chi connectivity index (χ1n) is 11.5. The molecule has 1 aromatic heterocycles. The Morgan fingerprint density at radius 3 is 2.77 bits per heavy atom. The van der Waals surface area contributed by atoms with Crippen molar-refractivity contribution in [3.05, 3.63) is 41.1 Å². The number of amides is 2. The molecule has 0 aliphatic carbocycles. The number of likely N-dealkylation sites (tertiary alicyclic amines) is 1. The minimum atomic E-state index is -0.809. The Morgan fingerprint density at radius 2 is 2.03 bits per heavy atom. The number of aliphatic hydroxyl groups excluding tert-OH is 1. The summed E-state index contributed by atoms with van der Waals surface area (Å²) in [6, 6.07) is 2.61. The maximum atomic E-state index is 14.4. The second-order valence-electron chi connectivity index (χ2n) is 8.84. The predicted octanol–water partition coefficient (Wildman–Crippen LogP) is 1.12. The van der Waals surface area contributed by atoms with Gasteiger partial charge in [-0.05, 0) is 31.9 Å². The van der Waals surface area contributed by atoms with Gasteiger partial charge in [-0.15, -0.1) is 0 Å². The van der Waals surface area contributed by atoms with Crippen molar-refractivity contribution in [3.63, 3.8) is 0 Å². The van der Waals surface area contributed by atoms with Gasteiger partial charge in [0.05, 0.1) is 42.5 Å². The van der Waals surface area contributed by atoms with Gasteiger partial charge in [0.1, 0.15) is 29.6 Å². The summed E-state index contributed by atoms with van der Waals surface area (Å²) in [5.41, 5.74) is 0.175. The monoisotopic (exact) mass is 485 g/mol. The van der Waals surface area contributed by atoms with Crippen LogP contribution in [0, 0.1) is 11.6 Å². The number of nitrogens with one attached hydrogen (secondary N) is 2. The summed E-state index contributed by atoms with van der Waals surface area (Å²) in [4.78, 5) is 35.4. The van der Waals surface area contributed by atoms with Gasteiger partial charge in [0, 0.05) is 12.8 Å². The number of anilines is 1. The summed E-state index contributed by atoms with van der Waals surface area (Å²) in [5, 5.41) is 21.3. The molecule has 1 fully saturated rings. The number of nitrogens with zero attached hydrogens (tertiary/aromatic N) is 5. The van der Waals surface area contributed by atoms with Gasteiger partial charge in [0.25, 0.3) is 5.91 Å². The molecule has 10 nitrogen and oxygen atoms in total. The molecule has 0 radical (unpaired) electrons. The molecule has 5 rings (SSSR count). The maximum Gasteiger partial charge on any atom is 0.257 e. The van der Waals surface area contributed by atoms with Crippen molar-refractivity contribution < 1.29 is 23.5 Å². The zero-order valence-corrected chi connectivity index (χ0v) is 19.0. The fraction of sp³-hybridized carbons (Fsp3) is 0.435. The number of carbonyl (C=O) groups is 2. The largest absolute Gasteiger partial charge is 0.394 e. The number of aromatic nitrogens is 2. The fourth-order valence-corrected chi connectivity index (χ4v) is 4.71. The normalized spacial score (nSPS) is 23.1. The first-order chi connectivity index (χ1) is 16.9. The van der Waals surface area contributed by atoms with Crippen LogP contribution in [0.2, 0.25) is 0 Å². The van der Waals surface area contributed by atoms with E-state index in [0.29, 0.717) is 12.2 Å². The van der Waals surface area contributed by atoms with E-state index in [-0.39, 0.29) is 66.4 Å². The molecule has 0 bridgehead atoms. The average Bonchev–Trinajstić information content (AvgIpc) is 3.54. The van der Waals surface area contributed by atoms with Gasteiger partial charge >= 0.3 is 0 Å². The van der Waals surface area contributed by atoms with E-state index in [1.165, 1.54) is 6.07 Å². The van der Waals surface area contributed by atoms with Gasteiger partial charge in [-0.2, -0.15) is 5.10 Å².